The average Bonchev–Trinajstić information content (AvgIpc) is 2.70. The predicted octanol–water partition coefficient (Wildman–Crippen LogP) is 2.04. The third-order valence-electron chi connectivity index (χ3n) is 3.72. The highest BCUT2D eigenvalue weighted by Gasteiger charge is 2.17. The van der Waals surface area contributed by atoms with Gasteiger partial charge in [-0.3, -0.25) is 4.79 Å². The fraction of sp³-hybridized carbons (Fsp3) is 0.400. The number of hydrogen-bond donors (Lipinski definition) is 3. The minimum Gasteiger partial charge on any atom is -0.360 e. The van der Waals surface area contributed by atoms with Gasteiger partial charge in [-0.1, -0.05) is 24.6 Å². The number of H-pyrrole nitrogens is 1. The third kappa shape index (κ3) is 2.63. The topological polar surface area (TPSA) is 56.9 Å². The van der Waals surface area contributed by atoms with Gasteiger partial charge in [-0.15, -0.1) is 0 Å². The summed E-state index contributed by atoms with van der Waals surface area (Å²) in [4.78, 5) is 15.5. The van der Waals surface area contributed by atoms with Crippen LogP contribution in [0.25, 0.3) is 10.9 Å². The van der Waals surface area contributed by atoms with Crippen molar-refractivity contribution in [1.29, 1.82) is 0 Å². The minimum absolute atomic E-state index is 0.0196. The standard InChI is InChI=1S/C15H19N3O/c19-15(18-11-5-3-4-8-16-9-11)13-10-17-14-7-2-1-6-12(13)14/h1-2,6-7,10-11,16-17H,3-5,8-9H2,(H,18,19). The molecule has 0 aliphatic carbocycles. The lowest BCUT2D eigenvalue weighted by Crippen LogP contribution is -2.40. The van der Waals surface area contributed by atoms with Crippen LogP contribution in [0, 0.1) is 0 Å². The van der Waals surface area contributed by atoms with Gasteiger partial charge in [0, 0.05) is 29.7 Å². The quantitative estimate of drug-likeness (QED) is 0.771. The van der Waals surface area contributed by atoms with Crippen LogP contribution >= 0.6 is 0 Å². The van der Waals surface area contributed by atoms with E-state index in [0.717, 1.165) is 36.0 Å². The van der Waals surface area contributed by atoms with E-state index in [0.29, 0.717) is 0 Å². The Morgan fingerprint density at radius 3 is 3.11 bits per heavy atom. The van der Waals surface area contributed by atoms with Crippen molar-refractivity contribution in [3.05, 3.63) is 36.0 Å². The van der Waals surface area contributed by atoms with Crippen LogP contribution in [-0.4, -0.2) is 30.0 Å². The van der Waals surface area contributed by atoms with Crippen molar-refractivity contribution in [3.63, 3.8) is 0 Å². The number of nitrogens with one attached hydrogen (secondary N) is 3. The van der Waals surface area contributed by atoms with Crippen LogP contribution in [0.15, 0.2) is 30.5 Å². The summed E-state index contributed by atoms with van der Waals surface area (Å²) in [5, 5.41) is 7.48. The van der Waals surface area contributed by atoms with Crippen LogP contribution in [0.4, 0.5) is 0 Å². The molecular formula is C15H19N3O. The van der Waals surface area contributed by atoms with E-state index in [1.807, 2.05) is 24.3 Å². The Morgan fingerprint density at radius 2 is 2.16 bits per heavy atom. The number of carbonyl (C=O) groups is 1. The first-order valence-corrected chi connectivity index (χ1v) is 6.92. The molecule has 1 atom stereocenters. The van der Waals surface area contributed by atoms with E-state index in [2.05, 4.69) is 15.6 Å². The Balaban J connectivity index is 1.76. The van der Waals surface area contributed by atoms with Crippen LogP contribution < -0.4 is 10.6 Å². The Bertz CT molecular complexity index is 568. The predicted molar refractivity (Wildman–Crippen MR) is 76.3 cm³/mol. The van der Waals surface area contributed by atoms with Crippen molar-refractivity contribution in [2.75, 3.05) is 13.1 Å². The highest BCUT2D eigenvalue weighted by Crippen LogP contribution is 2.17. The summed E-state index contributed by atoms with van der Waals surface area (Å²) in [5.41, 5.74) is 1.74. The summed E-state index contributed by atoms with van der Waals surface area (Å²) in [5.74, 6) is 0.0196. The molecule has 1 aromatic heterocycles. The molecule has 0 spiro atoms. The van der Waals surface area contributed by atoms with Crippen LogP contribution in [0.5, 0.6) is 0 Å². The van der Waals surface area contributed by atoms with Crippen LogP contribution in [0.2, 0.25) is 0 Å². The zero-order chi connectivity index (χ0) is 13.1. The molecule has 4 nitrogen and oxygen atoms in total. The number of rotatable bonds is 2. The van der Waals surface area contributed by atoms with Crippen molar-refractivity contribution in [1.82, 2.24) is 15.6 Å². The van der Waals surface area contributed by atoms with E-state index in [1.54, 1.807) is 6.20 Å². The molecule has 1 unspecified atom stereocenters. The number of fused-ring (bicyclic) bond motifs is 1. The number of aromatic nitrogens is 1. The number of carbonyl (C=O) groups excluding carboxylic acids is 1. The Kier molecular flexibility index (Phi) is 3.51. The maximum atomic E-state index is 12.3. The van der Waals surface area contributed by atoms with Gasteiger partial charge in [0.05, 0.1) is 5.56 Å². The minimum atomic E-state index is 0.0196. The number of benzene rings is 1. The zero-order valence-corrected chi connectivity index (χ0v) is 10.9. The highest BCUT2D eigenvalue weighted by molar-refractivity contribution is 6.06. The summed E-state index contributed by atoms with van der Waals surface area (Å²) in [6.45, 7) is 1.92. The molecule has 0 bridgehead atoms. The maximum Gasteiger partial charge on any atom is 0.253 e. The van der Waals surface area contributed by atoms with E-state index in [4.69, 9.17) is 0 Å². The average molecular weight is 257 g/mol. The fourth-order valence-corrected chi connectivity index (χ4v) is 2.66. The lowest BCUT2D eigenvalue weighted by molar-refractivity contribution is 0.0937. The van der Waals surface area contributed by atoms with Gasteiger partial charge in [-0.2, -0.15) is 0 Å². The zero-order valence-electron chi connectivity index (χ0n) is 10.9. The largest absolute Gasteiger partial charge is 0.360 e. The summed E-state index contributed by atoms with van der Waals surface area (Å²) >= 11 is 0. The maximum absolute atomic E-state index is 12.3. The molecule has 4 heteroatoms. The third-order valence-corrected chi connectivity index (χ3v) is 3.72. The van der Waals surface area contributed by atoms with Crippen molar-refractivity contribution in [3.8, 4) is 0 Å². The van der Waals surface area contributed by atoms with E-state index >= 15 is 0 Å². The van der Waals surface area contributed by atoms with E-state index in [1.165, 1.54) is 12.8 Å². The lowest BCUT2D eigenvalue weighted by atomic mass is 10.1. The Morgan fingerprint density at radius 1 is 1.26 bits per heavy atom. The van der Waals surface area contributed by atoms with E-state index in [9.17, 15) is 4.79 Å². The molecule has 1 amide bonds. The second-order valence-corrected chi connectivity index (χ2v) is 5.12. The lowest BCUT2D eigenvalue weighted by Gasteiger charge is -2.16. The first-order valence-electron chi connectivity index (χ1n) is 6.92. The SMILES string of the molecule is O=C(NC1CCCCNC1)c1c[nH]c2ccccc12. The molecule has 1 aliphatic rings. The number of amides is 1. The molecule has 2 heterocycles. The summed E-state index contributed by atoms with van der Waals surface area (Å²) in [6.07, 6.45) is 5.22. The van der Waals surface area contributed by atoms with E-state index < -0.39 is 0 Å². The molecule has 2 aromatic rings. The number of aromatic amines is 1. The molecule has 3 N–H and O–H groups in total. The molecule has 3 rings (SSSR count). The van der Waals surface area contributed by atoms with Crippen molar-refractivity contribution in [2.24, 2.45) is 0 Å². The van der Waals surface area contributed by atoms with Crippen molar-refractivity contribution in [2.45, 2.75) is 25.3 Å². The number of hydrogen-bond acceptors (Lipinski definition) is 2. The van der Waals surface area contributed by atoms with E-state index in [-0.39, 0.29) is 11.9 Å². The second kappa shape index (κ2) is 5.45. The molecule has 1 aliphatic heterocycles. The fourth-order valence-electron chi connectivity index (χ4n) is 2.66. The first kappa shape index (κ1) is 12.2. The van der Waals surface area contributed by atoms with Gasteiger partial charge in [-0.05, 0) is 25.5 Å². The molecule has 19 heavy (non-hydrogen) atoms. The van der Waals surface area contributed by atoms with Gasteiger partial charge >= 0.3 is 0 Å². The smallest absolute Gasteiger partial charge is 0.253 e. The molecule has 0 radical (unpaired) electrons. The summed E-state index contributed by atoms with van der Waals surface area (Å²) < 4.78 is 0. The van der Waals surface area contributed by atoms with Crippen LogP contribution in [0.1, 0.15) is 29.6 Å². The number of para-hydroxylation sites is 1. The monoisotopic (exact) mass is 257 g/mol. The van der Waals surface area contributed by atoms with Gasteiger partial charge < -0.3 is 15.6 Å². The normalized spacial score (nSPS) is 20.1. The first-order chi connectivity index (χ1) is 9.34. The summed E-state index contributed by atoms with van der Waals surface area (Å²) in [7, 11) is 0. The molecule has 1 saturated heterocycles. The molecule has 100 valence electrons. The molecule has 1 aromatic carbocycles. The second-order valence-electron chi connectivity index (χ2n) is 5.12. The van der Waals surface area contributed by atoms with Gasteiger partial charge in [0.25, 0.3) is 5.91 Å². The molecular weight excluding hydrogens is 238 g/mol. The van der Waals surface area contributed by atoms with Gasteiger partial charge in [0.1, 0.15) is 0 Å². The van der Waals surface area contributed by atoms with Crippen molar-refractivity contribution >= 4 is 16.8 Å². The highest BCUT2D eigenvalue weighted by atomic mass is 16.1. The summed E-state index contributed by atoms with van der Waals surface area (Å²) in [6, 6.07) is 8.13. The van der Waals surface area contributed by atoms with Crippen molar-refractivity contribution < 1.29 is 4.79 Å². The Labute approximate surface area is 112 Å². The van der Waals surface area contributed by atoms with Crippen LogP contribution in [-0.2, 0) is 0 Å². The Hall–Kier alpha value is -1.81. The molecule has 0 saturated carbocycles. The van der Waals surface area contributed by atoms with Gasteiger partial charge in [0.2, 0.25) is 0 Å². The van der Waals surface area contributed by atoms with Crippen LogP contribution in [0.3, 0.4) is 0 Å². The van der Waals surface area contributed by atoms with Gasteiger partial charge in [-0.25, -0.2) is 0 Å². The van der Waals surface area contributed by atoms with Gasteiger partial charge in [0.15, 0.2) is 0 Å². The molecule has 1 fully saturated rings.